The molecule has 4 rings (SSSR count). The number of carbonyl (C=O) groups is 2. The number of para-hydroxylation sites is 1. The Labute approximate surface area is 208 Å². The van der Waals surface area contributed by atoms with Gasteiger partial charge in [-0.25, -0.2) is 0 Å². The lowest BCUT2D eigenvalue weighted by atomic mass is 9.80. The number of nitrogens with zero attached hydrogens (tertiary/aromatic N) is 1. The van der Waals surface area contributed by atoms with Crippen molar-refractivity contribution in [3.05, 3.63) is 53.6 Å². The fraction of sp³-hybridized carbons (Fsp3) is 0.500. The maximum Gasteiger partial charge on any atom is 0.306 e. The first kappa shape index (κ1) is 26.5. The summed E-state index contributed by atoms with van der Waals surface area (Å²) in [5.41, 5.74) is 2.53. The number of ketones is 1. The number of hydrogen-bond acceptors (Lipinski definition) is 6. The Morgan fingerprint density at radius 2 is 1.80 bits per heavy atom. The maximum absolute atomic E-state index is 12.6. The quantitative estimate of drug-likeness (QED) is 0.578. The highest BCUT2D eigenvalue weighted by atomic mass is 16.5. The van der Waals surface area contributed by atoms with Gasteiger partial charge >= 0.3 is 5.97 Å². The van der Waals surface area contributed by atoms with E-state index in [1.165, 1.54) is 11.1 Å². The van der Waals surface area contributed by atoms with E-state index in [2.05, 4.69) is 30.9 Å². The fourth-order valence-corrected chi connectivity index (χ4v) is 4.83. The zero-order chi connectivity index (χ0) is 25.4. The summed E-state index contributed by atoms with van der Waals surface area (Å²) in [6, 6.07) is 13.5. The Bertz CT molecular complexity index is 990. The zero-order valence-electron chi connectivity index (χ0n) is 21.2. The number of methoxy groups -OCH3 is 2. The van der Waals surface area contributed by atoms with E-state index in [1.54, 1.807) is 26.4 Å². The second kappa shape index (κ2) is 12.6. The fourth-order valence-electron chi connectivity index (χ4n) is 4.83. The molecule has 2 heterocycles. The molecule has 2 atom stereocenters. The van der Waals surface area contributed by atoms with Crippen LogP contribution in [-0.4, -0.2) is 55.7 Å². The van der Waals surface area contributed by atoms with E-state index in [4.69, 9.17) is 19.3 Å². The molecule has 2 aromatic carbocycles. The molecule has 7 nitrogen and oxygen atoms in total. The number of hydrogen-bond donors (Lipinski definition) is 1. The second-order valence-electron chi connectivity index (χ2n) is 9.47. The molecule has 0 unspecified atom stereocenters. The van der Waals surface area contributed by atoms with Gasteiger partial charge in [-0.2, -0.15) is 0 Å². The lowest BCUT2D eigenvalue weighted by Crippen LogP contribution is -2.46. The lowest BCUT2D eigenvalue weighted by Gasteiger charge is -2.43. The smallest absolute Gasteiger partial charge is 0.306 e. The molecule has 2 aliphatic heterocycles. The van der Waals surface area contributed by atoms with E-state index < -0.39 is 5.97 Å². The highest BCUT2D eigenvalue weighted by Crippen LogP contribution is 2.42. The summed E-state index contributed by atoms with van der Waals surface area (Å²) >= 11 is 0. The van der Waals surface area contributed by atoms with Gasteiger partial charge in [0, 0.05) is 31.5 Å². The second-order valence-corrected chi connectivity index (χ2v) is 9.47. The van der Waals surface area contributed by atoms with Crippen molar-refractivity contribution in [3.8, 4) is 17.2 Å². The number of carboxylic acids is 1. The zero-order valence-corrected chi connectivity index (χ0v) is 21.2. The third kappa shape index (κ3) is 7.21. The minimum atomic E-state index is -0.842. The van der Waals surface area contributed by atoms with Crippen LogP contribution in [0.2, 0.25) is 0 Å². The maximum atomic E-state index is 12.6. The molecular weight excluding hydrogens is 446 g/mol. The molecule has 2 aliphatic rings. The summed E-state index contributed by atoms with van der Waals surface area (Å²) < 4.78 is 16.0. The van der Waals surface area contributed by atoms with Crippen molar-refractivity contribution in [1.82, 2.24) is 4.90 Å². The third-order valence-electron chi connectivity index (χ3n) is 6.50. The van der Waals surface area contributed by atoms with Gasteiger partial charge in [0.2, 0.25) is 0 Å². The Morgan fingerprint density at radius 1 is 1.11 bits per heavy atom. The molecule has 0 saturated carbocycles. The molecule has 0 bridgehead atoms. The predicted octanol–water partition coefficient (Wildman–Crippen LogP) is 4.78. The first-order valence-corrected chi connectivity index (χ1v) is 12.2. The van der Waals surface area contributed by atoms with Crippen molar-refractivity contribution < 1.29 is 28.9 Å². The molecule has 0 spiro atoms. The van der Waals surface area contributed by atoms with E-state index in [0.717, 1.165) is 37.4 Å². The summed E-state index contributed by atoms with van der Waals surface area (Å²) in [5.74, 6) is 2.59. The summed E-state index contributed by atoms with van der Waals surface area (Å²) in [5, 5.41) is 8.31. The van der Waals surface area contributed by atoms with Crippen molar-refractivity contribution in [2.24, 2.45) is 11.8 Å². The van der Waals surface area contributed by atoms with E-state index in [0.29, 0.717) is 23.9 Å². The number of carbonyl (C=O) groups excluding carboxylic acids is 1. The first-order chi connectivity index (χ1) is 16.8. The lowest BCUT2D eigenvalue weighted by molar-refractivity contribution is -0.137. The number of benzene rings is 2. The molecule has 1 fully saturated rings. The number of piperidine rings is 1. The highest BCUT2D eigenvalue weighted by Gasteiger charge is 2.38. The molecule has 0 aromatic heterocycles. The van der Waals surface area contributed by atoms with Crippen molar-refractivity contribution in [1.29, 1.82) is 0 Å². The van der Waals surface area contributed by atoms with E-state index in [1.807, 2.05) is 18.2 Å². The largest absolute Gasteiger partial charge is 0.493 e. The molecule has 190 valence electrons. The van der Waals surface area contributed by atoms with Crippen LogP contribution in [0.4, 0.5) is 0 Å². The van der Waals surface area contributed by atoms with Gasteiger partial charge in [-0.05, 0) is 54.2 Å². The van der Waals surface area contributed by atoms with Gasteiger partial charge in [-0.3, -0.25) is 14.5 Å². The SMILES string of the molecule is COc1cc2c(cc1OC)[C@@H]1CC(=O)[C@@H](CC(C)C)CN1CC2.O=C(O)CCOc1ccccc1. The van der Waals surface area contributed by atoms with Gasteiger partial charge in [0.25, 0.3) is 0 Å². The Balaban J connectivity index is 0.000000241. The molecule has 1 saturated heterocycles. The monoisotopic (exact) mass is 483 g/mol. The van der Waals surface area contributed by atoms with Crippen molar-refractivity contribution in [3.63, 3.8) is 0 Å². The number of Topliss-reactive ketones (excluding diaryl/α,β-unsaturated/α-hetero) is 1. The summed E-state index contributed by atoms with van der Waals surface area (Å²) in [6.45, 7) is 6.54. The average Bonchev–Trinajstić information content (AvgIpc) is 2.84. The summed E-state index contributed by atoms with van der Waals surface area (Å²) in [7, 11) is 3.33. The Kier molecular flexibility index (Phi) is 9.55. The van der Waals surface area contributed by atoms with E-state index in [9.17, 15) is 9.59 Å². The predicted molar refractivity (Wildman–Crippen MR) is 134 cm³/mol. The van der Waals surface area contributed by atoms with Crippen LogP contribution in [0.3, 0.4) is 0 Å². The van der Waals surface area contributed by atoms with Crippen LogP contribution >= 0.6 is 0 Å². The molecule has 0 radical (unpaired) electrons. The van der Waals surface area contributed by atoms with E-state index in [-0.39, 0.29) is 25.0 Å². The topological polar surface area (TPSA) is 85.3 Å². The molecule has 0 aliphatic carbocycles. The van der Waals surface area contributed by atoms with Gasteiger partial charge in [-0.1, -0.05) is 32.0 Å². The summed E-state index contributed by atoms with van der Waals surface area (Å²) in [6.07, 6.45) is 2.67. The number of ether oxygens (including phenoxy) is 3. The van der Waals surface area contributed by atoms with Gasteiger partial charge in [0.15, 0.2) is 11.5 Å². The van der Waals surface area contributed by atoms with Gasteiger partial charge in [-0.15, -0.1) is 0 Å². The number of aliphatic carboxylic acids is 1. The van der Waals surface area contributed by atoms with Crippen LogP contribution in [0.1, 0.15) is 50.3 Å². The molecule has 35 heavy (non-hydrogen) atoms. The minimum absolute atomic E-state index is 0.0366. The van der Waals surface area contributed by atoms with Crippen LogP contribution in [0.15, 0.2) is 42.5 Å². The van der Waals surface area contributed by atoms with Crippen molar-refractivity contribution >= 4 is 11.8 Å². The van der Waals surface area contributed by atoms with Crippen molar-refractivity contribution in [2.75, 3.05) is 33.9 Å². The van der Waals surface area contributed by atoms with Gasteiger partial charge < -0.3 is 19.3 Å². The molecular formula is C28H37NO6. The molecule has 2 aromatic rings. The Hall–Kier alpha value is -3.06. The first-order valence-electron chi connectivity index (χ1n) is 12.2. The Morgan fingerprint density at radius 3 is 2.43 bits per heavy atom. The standard InChI is InChI=1S/C19H27NO3.C9H10O3/c1-12(2)7-14-11-20-6-5-13-8-18(22-3)19(23-4)9-15(13)16(20)10-17(14)21;10-9(11)6-7-12-8-4-2-1-3-5-8/h8-9,12,14,16H,5-7,10-11H2,1-4H3;1-5H,6-7H2,(H,10,11)/t14-,16-;/m0./s1. The van der Waals surface area contributed by atoms with Crippen LogP contribution in [0, 0.1) is 11.8 Å². The van der Waals surface area contributed by atoms with Gasteiger partial charge in [0.1, 0.15) is 11.5 Å². The molecule has 0 amide bonds. The summed E-state index contributed by atoms with van der Waals surface area (Å²) in [4.78, 5) is 25.2. The van der Waals surface area contributed by atoms with Crippen LogP contribution in [0.5, 0.6) is 17.2 Å². The highest BCUT2D eigenvalue weighted by molar-refractivity contribution is 5.83. The van der Waals surface area contributed by atoms with Crippen LogP contribution in [0.25, 0.3) is 0 Å². The van der Waals surface area contributed by atoms with E-state index >= 15 is 0 Å². The molecule has 1 N–H and O–H groups in total. The minimum Gasteiger partial charge on any atom is -0.493 e. The van der Waals surface area contributed by atoms with Crippen LogP contribution < -0.4 is 14.2 Å². The number of rotatable bonds is 8. The number of fused-ring (bicyclic) bond motifs is 3. The van der Waals surface area contributed by atoms with Crippen molar-refractivity contribution in [2.45, 2.75) is 45.6 Å². The third-order valence-corrected chi connectivity index (χ3v) is 6.50. The molecule has 7 heteroatoms. The van der Waals surface area contributed by atoms with Crippen LogP contribution in [-0.2, 0) is 16.0 Å². The normalized spacial score (nSPS) is 19.2. The number of carboxylic acid groups (broad SMARTS) is 1. The average molecular weight is 484 g/mol. The van der Waals surface area contributed by atoms with Gasteiger partial charge in [0.05, 0.1) is 27.2 Å².